The van der Waals surface area contributed by atoms with Gasteiger partial charge in [-0.05, 0) is 17.7 Å². The molecule has 0 fully saturated rings. The highest BCUT2D eigenvalue weighted by molar-refractivity contribution is 5.74. The van der Waals surface area contributed by atoms with E-state index in [0.29, 0.717) is 6.61 Å². The highest BCUT2D eigenvalue weighted by Crippen LogP contribution is 2.25. The molecule has 0 unspecified atom stereocenters. The van der Waals surface area contributed by atoms with E-state index in [2.05, 4.69) is 10.3 Å². The van der Waals surface area contributed by atoms with Crippen molar-refractivity contribution in [1.29, 1.82) is 0 Å². The second-order valence-electron chi connectivity index (χ2n) is 2.89. The van der Waals surface area contributed by atoms with Crippen molar-refractivity contribution in [3.8, 4) is 5.75 Å². The fourth-order valence-corrected chi connectivity index (χ4v) is 1.27. The van der Waals surface area contributed by atoms with E-state index >= 15 is 0 Å². The van der Waals surface area contributed by atoms with Gasteiger partial charge in [0, 0.05) is 6.20 Å². The molecule has 2 heterocycles. The quantitative estimate of drug-likeness (QED) is 0.560. The number of rotatable bonds is 2. The Morgan fingerprint density at radius 3 is 3.36 bits per heavy atom. The first kappa shape index (κ1) is 8.74. The number of allylic oxidation sites excluding steroid dienone is 1. The molecule has 1 aromatic rings. The molecule has 1 aliphatic rings. The largest absolute Gasteiger partial charge is 0.488 e. The van der Waals surface area contributed by atoms with Gasteiger partial charge in [0.1, 0.15) is 12.9 Å². The van der Waals surface area contributed by atoms with Crippen LogP contribution in [0.2, 0.25) is 0 Å². The minimum Gasteiger partial charge on any atom is -0.488 e. The number of aromatic nitrogens is 1. The molecule has 0 amide bonds. The summed E-state index contributed by atoms with van der Waals surface area (Å²) < 4.78 is 5.40. The van der Waals surface area contributed by atoms with E-state index in [1.165, 1.54) is 6.08 Å². The Bertz CT molecular complexity index is 374. The summed E-state index contributed by atoms with van der Waals surface area (Å²) in [6, 6.07) is 1.86. The van der Waals surface area contributed by atoms with E-state index in [1.807, 2.05) is 6.07 Å². The van der Waals surface area contributed by atoms with Crippen LogP contribution in [0.25, 0.3) is 6.08 Å². The first-order chi connectivity index (χ1) is 6.90. The van der Waals surface area contributed by atoms with Crippen molar-refractivity contribution in [2.75, 3.05) is 18.5 Å². The van der Waals surface area contributed by atoms with Crippen LogP contribution in [0.15, 0.2) is 18.3 Å². The van der Waals surface area contributed by atoms with E-state index in [0.717, 1.165) is 30.0 Å². The van der Waals surface area contributed by atoms with Crippen LogP contribution in [0.3, 0.4) is 0 Å². The Labute approximate surface area is 81.6 Å². The first-order valence-corrected chi connectivity index (χ1v) is 4.39. The number of ether oxygens (including phenoxy) is 1. The van der Waals surface area contributed by atoms with E-state index in [9.17, 15) is 4.79 Å². The molecular weight excluding hydrogens is 180 g/mol. The van der Waals surface area contributed by atoms with Gasteiger partial charge < -0.3 is 10.1 Å². The number of pyridine rings is 1. The zero-order chi connectivity index (χ0) is 9.80. The number of carbonyl (C=O) groups is 1. The minimum atomic E-state index is 0.648. The smallest absolute Gasteiger partial charge is 0.168 e. The summed E-state index contributed by atoms with van der Waals surface area (Å²) >= 11 is 0. The lowest BCUT2D eigenvalue weighted by molar-refractivity contribution is -0.104. The zero-order valence-corrected chi connectivity index (χ0v) is 7.56. The monoisotopic (exact) mass is 190 g/mol. The number of hydrogen-bond acceptors (Lipinski definition) is 4. The van der Waals surface area contributed by atoms with E-state index in [-0.39, 0.29) is 0 Å². The normalized spacial score (nSPS) is 14.3. The zero-order valence-electron chi connectivity index (χ0n) is 7.56. The van der Waals surface area contributed by atoms with Crippen LogP contribution < -0.4 is 10.1 Å². The molecule has 0 saturated carbocycles. The predicted octanol–water partition coefficient (Wildman–Crippen LogP) is 1.10. The number of carbonyl (C=O) groups excluding carboxylic acids is 1. The van der Waals surface area contributed by atoms with Crippen LogP contribution in [-0.2, 0) is 4.79 Å². The predicted molar refractivity (Wildman–Crippen MR) is 53.3 cm³/mol. The van der Waals surface area contributed by atoms with Gasteiger partial charge in [-0.3, -0.25) is 4.79 Å². The lowest BCUT2D eigenvalue weighted by Gasteiger charge is -2.17. The maximum atomic E-state index is 10.1. The summed E-state index contributed by atoms with van der Waals surface area (Å²) in [7, 11) is 0. The lowest BCUT2D eigenvalue weighted by Crippen LogP contribution is -2.18. The summed E-state index contributed by atoms with van der Waals surface area (Å²) in [6.45, 7) is 1.43. The molecule has 1 aliphatic heterocycles. The van der Waals surface area contributed by atoms with Crippen LogP contribution in [0, 0.1) is 0 Å². The Morgan fingerprint density at radius 2 is 2.50 bits per heavy atom. The summed E-state index contributed by atoms with van der Waals surface area (Å²) in [5, 5.41) is 3.12. The van der Waals surface area contributed by atoms with Gasteiger partial charge in [-0.1, -0.05) is 6.08 Å². The Hall–Kier alpha value is -1.84. The summed E-state index contributed by atoms with van der Waals surface area (Å²) in [4.78, 5) is 14.3. The molecule has 4 heteroatoms. The second-order valence-corrected chi connectivity index (χ2v) is 2.89. The van der Waals surface area contributed by atoms with Gasteiger partial charge in [-0.15, -0.1) is 0 Å². The number of anilines is 1. The molecule has 14 heavy (non-hydrogen) atoms. The molecule has 0 radical (unpaired) electrons. The fourth-order valence-electron chi connectivity index (χ4n) is 1.27. The highest BCUT2D eigenvalue weighted by Gasteiger charge is 2.09. The molecule has 0 atom stereocenters. The van der Waals surface area contributed by atoms with Gasteiger partial charge >= 0.3 is 0 Å². The number of aldehydes is 1. The molecule has 2 rings (SSSR count). The van der Waals surface area contributed by atoms with Crippen LogP contribution in [-0.4, -0.2) is 24.4 Å². The third kappa shape index (κ3) is 1.74. The molecule has 72 valence electrons. The fraction of sp³-hybridized carbons (Fsp3) is 0.200. The van der Waals surface area contributed by atoms with E-state index in [4.69, 9.17) is 4.74 Å². The van der Waals surface area contributed by atoms with Crippen molar-refractivity contribution < 1.29 is 9.53 Å². The van der Waals surface area contributed by atoms with Crippen LogP contribution >= 0.6 is 0 Å². The Kier molecular flexibility index (Phi) is 2.44. The first-order valence-electron chi connectivity index (χ1n) is 4.39. The number of hydrogen-bond donors (Lipinski definition) is 1. The Balaban J connectivity index is 2.28. The standard InChI is InChI=1S/C10H10N2O2/c13-4-1-2-8-6-9-10(12-7-8)11-3-5-14-9/h1-2,4,6-7H,3,5H2,(H,11,12)/b2-1+. The van der Waals surface area contributed by atoms with E-state index in [1.54, 1.807) is 12.3 Å². The third-order valence-corrected chi connectivity index (χ3v) is 1.89. The number of nitrogens with one attached hydrogen (secondary N) is 1. The number of nitrogens with zero attached hydrogens (tertiary/aromatic N) is 1. The molecule has 4 nitrogen and oxygen atoms in total. The van der Waals surface area contributed by atoms with Gasteiger partial charge in [0.05, 0.1) is 6.54 Å². The number of fused-ring (bicyclic) bond motifs is 1. The van der Waals surface area contributed by atoms with Crippen molar-refractivity contribution >= 4 is 18.2 Å². The molecule has 0 bridgehead atoms. The molecule has 1 aromatic heterocycles. The van der Waals surface area contributed by atoms with Crippen molar-refractivity contribution in [2.45, 2.75) is 0 Å². The van der Waals surface area contributed by atoms with Crippen molar-refractivity contribution in [3.63, 3.8) is 0 Å². The van der Waals surface area contributed by atoms with Gasteiger partial charge in [0.2, 0.25) is 0 Å². The third-order valence-electron chi connectivity index (χ3n) is 1.89. The maximum Gasteiger partial charge on any atom is 0.168 e. The molecule has 1 N–H and O–H groups in total. The van der Waals surface area contributed by atoms with E-state index < -0.39 is 0 Å². The van der Waals surface area contributed by atoms with Gasteiger partial charge in [-0.25, -0.2) is 4.98 Å². The van der Waals surface area contributed by atoms with Gasteiger partial charge in [0.15, 0.2) is 11.6 Å². The maximum absolute atomic E-state index is 10.1. The molecule has 0 saturated heterocycles. The average molecular weight is 190 g/mol. The van der Waals surface area contributed by atoms with Crippen LogP contribution in [0.4, 0.5) is 5.82 Å². The lowest BCUT2D eigenvalue weighted by atomic mass is 10.2. The summed E-state index contributed by atoms with van der Waals surface area (Å²) in [5.41, 5.74) is 0.861. The van der Waals surface area contributed by atoms with Gasteiger partial charge in [-0.2, -0.15) is 0 Å². The SMILES string of the molecule is O=C/C=C/c1cnc2c(c1)OCCN2. The van der Waals surface area contributed by atoms with Gasteiger partial charge in [0.25, 0.3) is 0 Å². The van der Waals surface area contributed by atoms with Crippen LogP contribution in [0.1, 0.15) is 5.56 Å². The van der Waals surface area contributed by atoms with Crippen molar-refractivity contribution in [2.24, 2.45) is 0 Å². The minimum absolute atomic E-state index is 0.648. The second kappa shape index (κ2) is 3.91. The topological polar surface area (TPSA) is 51.2 Å². The highest BCUT2D eigenvalue weighted by atomic mass is 16.5. The summed E-state index contributed by atoms with van der Waals surface area (Å²) in [6.07, 6.45) is 5.55. The van der Waals surface area contributed by atoms with Crippen molar-refractivity contribution in [1.82, 2.24) is 4.98 Å². The Morgan fingerprint density at radius 1 is 1.57 bits per heavy atom. The molecule has 0 aliphatic carbocycles. The average Bonchev–Trinajstić information content (AvgIpc) is 2.26. The van der Waals surface area contributed by atoms with Crippen molar-refractivity contribution in [3.05, 3.63) is 23.9 Å². The summed E-state index contributed by atoms with van der Waals surface area (Å²) in [5.74, 6) is 1.50. The van der Waals surface area contributed by atoms with Crippen LogP contribution in [0.5, 0.6) is 5.75 Å². The molecular formula is C10H10N2O2. The molecule has 0 spiro atoms. The molecule has 0 aromatic carbocycles.